The predicted octanol–water partition coefficient (Wildman–Crippen LogP) is 3.79. The molecule has 0 saturated carbocycles. The number of halogens is 3. The van der Waals surface area contributed by atoms with E-state index in [1.54, 1.807) is 24.3 Å². The number of nitrogens with one attached hydrogen (secondary N) is 1. The SMILES string of the molecule is C#Cc1ccc(-c2ccc(-c3c(F)cc4[nH]c(O[C@@H]5CO[C@H](CO)[C@H]5O)nc4c3F)cc2)c(F)c1. The molecule has 3 aromatic carbocycles. The van der Waals surface area contributed by atoms with Crippen LogP contribution in [-0.4, -0.2) is 51.7 Å². The fraction of sp³-hybridized carbons (Fsp3) is 0.192. The monoisotopic (exact) mass is 480 g/mol. The van der Waals surface area contributed by atoms with Crippen molar-refractivity contribution in [1.29, 1.82) is 0 Å². The van der Waals surface area contributed by atoms with Gasteiger partial charge < -0.3 is 24.7 Å². The van der Waals surface area contributed by atoms with Crippen LogP contribution in [0.5, 0.6) is 6.01 Å². The normalized spacial score (nSPS) is 19.7. The Labute approximate surface area is 198 Å². The Morgan fingerprint density at radius 2 is 1.83 bits per heavy atom. The van der Waals surface area contributed by atoms with E-state index < -0.39 is 35.8 Å². The van der Waals surface area contributed by atoms with Crippen molar-refractivity contribution in [3.05, 3.63) is 71.5 Å². The number of aromatic amines is 1. The summed E-state index contributed by atoms with van der Waals surface area (Å²) in [6.07, 6.45) is 2.56. The number of nitrogens with zero attached hydrogens (tertiary/aromatic N) is 1. The molecule has 0 radical (unpaired) electrons. The summed E-state index contributed by atoms with van der Waals surface area (Å²) in [5.74, 6) is 0.133. The summed E-state index contributed by atoms with van der Waals surface area (Å²) in [7, 11) is 0. The second-order valence-corrected chi connectivity index (χ2v) is 8.10. The standard InChI is InChI=1S/C26H19F3N2O4/c1-2-13-3-8-16(17(27)9-13)14-4-6-15(7-5-14)22-18(28)10-19-24(23(22)29)31-26(30-19)35-21-12-34-20(11-32)25(21)33/h1,3-10,20-21,25,32-33H,11-12H2,(H,30,31)/t20-,21-,25-/m1/s1. The lowest BCUT2D eigenvalue weighted by molar-refractivity contribution is -0.00390. The number of hydrogen-bond acceptors (Lipinski definition) is 5. The van der Waals surface area contributed by atoms with Gasteiger partial charge in [0.15, 0.2) is 11.9 Å². The van der Waals surface area contributed by atoms with Crippen LogP contribution in [-0.2, 0) is 4.74 Å². The first kappa shape index (κ1) is 22.9. The molecule has 0 aliphatic carbocycles. The molecule has 3 N–H and O–H groups in total. The molecular weight excluding hydrogens is 461 g/mol. The molecule has 0 unspecified atom stereocenters. The van der Waals surface area contributed by atoms with Gasteiger partial charge in [0.2, 0.25) is 0 Å². The van der Waals surface area contributed by atoms with Crippen molar-refractivity contribution in [3.63, 3.8) is 0 Å². The van der Waals surface area contributed by atoms with Crippen molar-refractivity contribution in [2.24, 2.45) is 0 Å². The van der Waals surface area contributed by atoms with E-state index in [1.807, 2.05) is 0 Å². The number of aliphatic hydroxyl groups excluding tert-OH is 2. The average molecular weight is 480 g/mol. The van der Waals surface area contributed by atoms with Crippen LogP contribution in [0.1, 0.15) is 5.56 Å². The van der Waals surface area contributed by atoms with E-state index in [-0.39, 0.29) is 41.4 Å². The molecule has 1 aliphatic heterocycles. The molecule has 1 fully saturated rings. The number of ether oxygens (including phenoxy) is 2. The number of H-pyrrole nitrogens is 1. The highest BCUT2D eigenvalue weighted by atomic mass is 19.1. The summed E-state index contributed by atoms with van der Waals surface area (Å²) >= 11 is 0. The lowest BCUT2D eigenvalue weighted by Crippen LogP contribution is -2.36. The number of fused-ring (bicyclic) bond motifs is 1. The highest BCUT2D eigenvalue weighted by Crippen LogP contribution is 2.34. The Morgan fingerprint density at radius 1 is 1.09 bits per heavy atom. The number of terminal acetylenes is 1. The summed E-state index contributed by atoms with van der Waals surface area (Å²) in [4.78, 5) is 6.75. The van der Waals surface area contributed by atoms with Crippen LogP contribution in [0.2, 0.25) is 0 Å². The Hall–Kier alpha value is -3.84. The Bertz CT molecular complexity index is 1450. The number of aromatic nitrogens is 2. The maximum Gasteiger partial charge on any atom is 0.295 e. The fourth-order valence-corrected chi connectivity index (χ4v) is 4.10. The molecule has 9 heteroatoms. The van der Waals surface area contributed by atoms with Crippen LogP contribution in [0.15, 0.2) is 48.5 Å². The molecule has 0 amide bonds. The molecule has 4 aromatic rings. The summed E-state index contributed by atoms with van der Waals surface area (Å²) < 4.78 is 55.4. The Morgan fingerprint density at radius 3 is 2.49 bits per heavy atom. The van der Waals surface area contributed by atoms with E-state index in [4.69, 9.17) is 15.9 Å². The first-order valence-electron chi connectivity index (χ1n) is 10.7. The number of rotatable bonds is 5. The van der Waals surface area contributed by atoms with Crippen LogP contribution >= 0.6 is 0 Å². The van der Waals surface area contributed by atoms with Gasteiger partial charge in [0.25, 0.3) is 6.01 Å². The van der Waals surface area contributed by atoms with Gasteiger partial charge in [0, 0.05) is 17.2 Å². The van der Waals surface area contributed by atoms with Crippen molar-refractivity contribution in [3.8, 4) is 40.6 Å². The second-order valence-electron chi connectivity index (χ2n) is 8.10. The van der Waals surface area contributed by atoms with Crippen molar-refractivity contribution in [1.82, 2.24) is 9.97 Å². The van der Waals surface area contributed by atoms with Gasteiger partial charge in [-0.3, -0.25) is 0 Å². The minimum Gasteiger partial charge on any atom is -0.456 e. The van der Waals surface area contributed by atoms with Crippen LogP contribution in [0.4, 0.5) is 13.2 Å². The van der Waals surface area contributed by atoms with Crippen LogP contribution < -0.4 is 4.74 Å². The van der Waals surface area contributed by atoms with E-state index in [0.29, 0.717) is 16.7 Å². The van der Waals surface area contributed by atoms with E-state index in [9.17, 15) is 19.0 Å². The third-order valence-corrected chi connectivity index (χ3v) is 5.95. The van der Waals surface area contributed by atoms with Gasteiger partial charge >= 0.3 is 0 Å². The van der Waals surface area contributed by atoms with Gasteiger partial charge in [-0.1, -0.05) is 36.3 Å². The van der Waals surface area contributed by atoms with Gasteiger partial charge in [-0.15, -0.1) is 6.42 Å². The average Bonchev–Trinajstić information content (AvgIpc) is 3.42. The summed E-state index contributed by atoms with van der Waals surface area (Å²) in [5.41, 5.74) is 1.10. The summed E-state index contributed by atoms with van der Waals surface area (Å²) in [6.45, 7) is -0.379. The molecule has 0 spiro atoms. The summed E-state index contributed by atoms with van der Waals surface area (Å²) in [5, 5.41) is 19.3. The van der Waals surface area contributed by atoms with Crippen LogP contribution in [0, 0.1) is 29.8 Å². The van der Waals surface area contributed by atoms with E-state index in [1.165, 1.54) is 18.2 Å². The molecule has 1 aromatic heterocycles. The molecule has 1 saturated heterocycles. The van der Waals surface area contributed by atoms with Gasteiger partial charge in [-0.2, -0.15) is 4.98 Å². The molecule has 0 bridgehead atoms. The topological polar surface area (TPSA) is 87.6 Å². The van der Waals surface area contributed by atoms with Gasteiger partial charge in [0.05, 0.1) is 24.3 Å². The fourth-order valence-electron chi connectivity index (χ4n) is 4.10. The zero-order valence-corrected chi connectivity index (χ0v) is 18.1. The van der Waals surface area contributed by atoms with Gasteiger partial charge in [-0.05, 0) is 23.3 Å². The molecule has 35 heavy (non-hydrogen) atoms. The second kappa shape index (κ2) is 9.07. The first-order chi connectivity index (χ1) is 16.9. The molecule has 6 nitrogen and oxygen atoms in total. The van der Waals surface area contributed by atoms with E-state index >= 15 is 4.39 Å². The Kier molecular flexibility index (Phi) is 5.94. The third kappa shape index (κ3) is 4.12. The lowest BCUT2D eigenvalue weighted by Gasteiger charge is -2.15. The minimum atomic E-state index is -1.10. The zero-order valence-electron chi connectivity index (χ0n) is 18.1. The van der Waals surface area contributed by atoms with Crippen LogP contribution in [0.3, 0.4) is 0 Å². The van der Waals surface area contributed by atoms with Crippen molar-refractivity contribution in [2.45, 2.75) is 18.3 Å². The predicted molar refractivity (Wildman–Crippen MR) is 122 cm³/mol. The number of benzene rings is 3. The molecule has 178 valence electrons. The number of imidazole rings is 1. The first-order valence-corrected chi connectivity index (χ1v) is 10.7. The van der Waals surface area contributed by atoms with Crippen LogP contribution in [0.25, 0.3) is 33.3 Å². The molecular formula is C26H19F3N2O4. The van der Waals surface area contributed by atoms with Crippen molar-refractivity contribution < 1.29 is 32.9 Å². The van der Waals surface area contributed by atoms with E-state index in [0.717, 1.165) is 6.07 Å². The van der Waals surface area contributed by atoms with Gasteiger partial charge in [-0.25, -0.2) is 13.2 Å². The minimum absolute atomic E-state index is 0.00390. The smallest absolute Gasteiger partial charge is 0.295 e. The van der Waals surface area contributed by atoms with Gasteiger partial charge in [0.1, 0.15) is 29.4 Å². The molecule has 2 heterocycles. The largest absolute Gasteiger partial charge is 0.456 e. The summed E-state index contributed by atoms with van der Waals surface area (Å²) in [6, 6.07) is 11.5. The molecule has 5 rings (SSSR count). The van der Waals surface area contributed by atoms with Crippen molar-refractivity contribution in [2.75, 3.05) is 13.2 Å². The zero-order chi connectivity index (χ0) is 24.7. The maximum absolute atomic E-state index is 15.3. The van der Waals surface area contributed by atoms with Crippen molar-refractivity contribution >= 4 is 11.0 Å². The quantitative estimate of drug-likeness (QED) is 0.379. The maximum atomic E-state index is 15.3. The molecule has 1 aliphatic rings. The highest BCUT2D eigenvalue weighted by molar-refractivity contribution is 5.84. The number of aliphatic hydroxyl groups is 2. The number of hydrogen-bond donors (Lipinski definition) is 3. The third-order valence-electron chi connectivity index (χ3n) is 5.95. The highest BCUT2D eigenvalue weighted by Gasteiger charge is 2.37. The Balaban J connectivity index is 1.45. The lowest BCUT2D eigenvalue weighted by atomic mass is 9.98. The molecule has 3 atom stereocenters. The van der Waals surface area contributed by atoms with E-state index in [2.05, 4.69) is 15.9 Å².